The predicted octanol–water partition coefficient (Wildman–Crippen LogP) is 11.0. The van der Waals surface area contributed by atoms with E-state index in [9.17, 15) is 0 Å². The molecule has 4 aromatic carbocycles. The largest absolute Gasteiger partial charge is 0.457 e. The summed E-state index contributed by atoms with van der Waals surface area (Å²) in [6.07, 6.45) is 6.03. The minimum atomic E-state index is -0.0721. The van der Waals surface area contributed by atoms with E-state index in [2.05, 4.69) is 182 Å². The van der Waals surface area contributed by atoms with Crippen LogP contribution in [0.4, 0.5) is 5.69 Å². The number of anilines is 1. The summed E-state index contributed by atoms with van der Waals surface area (Å²) in [6.45, 7) is 25.2. The molecule has 0 spiro atoms. The summed E-state index contributed by atoms with van der Waals surface area (Å²) in [4.78, 5) is 12.3. The number of ether oxygens (including phenoxy) is 1. The van der Waals surface area contributed by atoms with Crippen molar-refractivity contribution in [3.63, 3.8) is 0 Å². The minimum Gasteiger partial charge on any atom is -0.457 e. The van der Waals surface area contributed by atoms with Crippen LogP contribution in [0.2, 0.25) is 0 Å². The Kier molecular flexibility index (Phi) is 8.19. The van der Waals surface area contributed by atoms with Crippen LogP contribution in [0, 0.1) is 13.8 Å². The van der Waals surface area contributed by atoms with E-state index in [4.69, 9.17) is 14.7 Å². The Morgan fingerprint density at radius 2 is 1.30 bits per heavy atom. The Hall–Kier alpha value is -5.30. The Morgan fingerprint density at radius 3 is 1.96 bits per heavy atom. The fourth-order valence-electron chi connectivity index (χ4n) is 8.17. The van der Waals surface area contributed by atoms with E-state index in [0.717, 1.165) is 50.8 Å². The first-order valence-corrected chi connectivity index (χ1v) is 19.2. The van der Waals surface area contributed by atoms with Gasteiger partial charge in [-0.05, 0) is 113 Å². The average molecular weight is 714 g/mol. The second-order valence-corrected chi connectivity index (χ2v) is 18.3. The molecule has 54 heavy (non-hydrogen) atoms. The molecule has 6 nitrogen and oxygen atoms in total. The van der Waals surface area contributed by atoms with Crippen molar-refractivity contribution in [1.82, 2.24) is 19.0 Å². The van der Waals surface area contributed by atoms with Crippen molar-refractivity contribution < 1.29 is 4.74 Å². The van der Waals surface area contributed by atoms with E-state index >= 15 is 0 Å². The van der Waals surface area contributed by atoms with Crippen LogP contribution in [0.15, 0.2) is 97.5 Å². The summed E-state index contributed by atoms with van der Waals surface area (Å²) in [6, 6.07) is 28.4. The van der Waals surface area contributed by atoms with Gasteiger partial charge >= 0.3 is 6.98 Å². The molecule has 0 fully saturated rings. The molecule has 3 aromatic heterocycles. The highest BCUT2D eigenvalue weighted by Crippen LogP contribution is 2.42. The third-order valence-electron chi connectivity index (χ3n) is 11.3. The van der Waals surface area contributed by atoms with Crippen LogP contribution < -0.4 is 15.0 Å². The second kappa shape index (κ2) is 12.4. The molecule has 4 heterocycles. The first-order chi connectivity index (χ1) is 25.4. The summed E-state index contributed by atoms with van der Waals surface area (Å²) in [5.74, 6) is 3.37. The molecule has 0 aliphatic carbocycles. The van der Waals surface area contributed by atoms with Crippen molar-refractivity contribution >= 4 is 39.9 Å². The van der Waals surface area contributed by atoms with Crippen molar-refractivity contribution in [1.29, 1.82) is 0 Å². The summed E-state index contributed by atoms with van der Waals surface area (Å²) in [7, 11) is 2.22. The van der Waals surface area contributed by atoms with Gasteiger partial charge in [0.1, 0.15) is 23.1 Å². The SMILES string of the molecule is Cc1cnc(-n2c3ccccc3c3ccc(Oc4ccc5c(c4)-c4nccn4B(c4c(C(C)(C)C)cc(C(C)(C)C)cc4C(C)(C)C)N5C)cc32)cc1C. The van der Waals surface area contributed by atoms with Crippen LogP contribution in [-0.2, 0) is 16.2 Å². The Labute approximate surface area is 321 Å². The quantitative estimate of drug-likeness (QED) is 0.170. The number of benzene rings is 4. The van der Waals surface area contributed by atoms with Gasteiger partial charge in [0.25, 0.3) is 0 Å². The van der Waals surface area contributed by atoms with E-state index in [-0.39, 0.29) is 23.2 Å². The molecule has 0 unspecified atom stereocenters. The highest BCUT2D eigenvalue weighted by Gasteiger charge is 2.42. The van der Waals surface area contributed by atoms with Crippen molar-refractivity contribution in [2.75, 3.05) is 11.9 Å². The third-order valence-corrected chi connectivity index (χ3v) is 11.3. The van der Waals surface area contributed by atoms with Crippen LogP contribution in [0.25, 0.3) is 39.0 Å². The molecule has 0 amide bonds. The maximum absolute atomic E-state index is 6.70. The topological polar surface area (TPSA) is 48.1 Å². The van der Waals surface area contributed by atoms with E-state index in [1.165, 1.54) is 38.7 Å². The number of fused-ring (bicyclic) bond motifs is 6. The number of aromatic nitrogens is 4. The van der Waals surface area contributed by atoms with Gasteiger partial charge in [-0.15, -0.1) is 0 Å². The Balaban J connectivity index is 1.23. The number of nitrogens with zero attached hydrogens (tertiary/aromatic N) is 5. The van der Waals surface area contributed by atoms with Crippen LogP contribution in [0.5, 0.6) is 11.5 Å². The van der Waals surface area contributed by atoms with Crippen LogP contribution in [0.3, 0.4) is 0 Å². The highest BCUT2D eigenvalue weighted by molar-refractivity contribution is 6.77. The summed E-state index contributed by atoms with van der Waals surface area (Å²) < 4.78 is 11.3. The van der Waals surface area contributed by atoms with Gasteiger partial charge in [0.15, 0.2) is 0 Å². The van der Waals surface area contributed by atoms with Crippen molar-refractivity contribution in [2.45, 2.75) is 92.4 Å². The molecule has 0 atom stereocenters. The van der Waals surface area contributed by atoms with Gasteiger partial charge in [0.2, 0.25) is 0 Å². The molecule has 7 heteroatoms. The number of aryl methyl sites for hydroxylation is 2. The zero-order valence-corrected chi connectivity index (χ0v) is 34.0. The van der Waals surface area contributed by atoms with E-state index in [1.54, 1.807) is 0 Å². The van der Waals surface area contributed by atoms with Gasteiger partial charge in [0, 0.05) is 46.7 Å². The van der Waals surface area contributed by atoms with Crippen LogP contribution in [0.1, 0.15) is 90.1 Å². The molecule has 0 radical (unpaired) electrons. The van der Waals surface area contributed by atoms with Crippen LogP contribution in [-0.4, -0.2) is 33.0 Å². The zero-order chi connectivity index (χ0) is 38.5. The lowest BCUT2D eigenvalue weighted by molar-refractivity contribution is 0.483. The van der Waals surface area contributed by atoms with Gasteiger partial charge in [-0.25, -0.2) is 9.97 Å². The van der Waals surface area contributed by atoms with E-state index < -0.39 is 0 Å². The van der Waals surface area contributed by atoms with Gasteiger partial charge in [-0.2, -0.15) is 0 Å². The first kappa shape index (κ1) is 35.7. The maximum atomic E-state index is 6.70. The monoisotopic (exact) mass is 713 g/mol. The fourth-order valence-corrected chi connectivity index (χ4v) is 8.17. The molecule has 274 valence electrons. The number of para-hydroxylation sites is 1. The van der Waals surface area contributed by atoms with Crippen LogP contribution >= 0.6 is 0 Å². The fraction of sp³-hybridized carbons (Fsp3) is 0.319. The molecule has 0 saturated heterocycles. The molecular weight excluding hydrogens is 661 g/mol. The van der Waals surface area contributed by atoms with E-state index in [0.29, 0.717) is 0 Å². The first-order valence-electron chi connectivity index (χ1n) is 19.2. The molecule has 1 aliphatic rings. The lowest BCUT2D eigenvalue weighted by atomic mass is 9.54. The Morgan fingerprint density at radius 1 is 0.648 bits per heavy atom. The third kappa shape index (κ3) is 5.89. The average Bonchev–Trinajstić information content (AvgIpc) is 3.71. The standard InChI is InChI=1S/C47H52BN5O/c1-29-23-42(50-28-30(29)2)53-40-16-14-13-15-34(40)35-19-17-33(27-41(35)53)54-32-18-20-39-36(26-32)44-49-21-22-52(44)48(51(39)12)43-37(46(6,7)8)24-31(45(3,4)5)25-38(43)47(9,10)11/h13-28H,1-12H3. The number of hydrogen-bond acceptors (Lipinski definition) is 4. The van der Waals surface area contributed by atoms with Gasteiger partial charge < -0.3 is 14.0 Å². The summed E-state index contributed by atoms with van der Waals surface area (Å²) in [5, 5.41) is 2.35. The number of rotatable bonds is 4. The van der Waals surface area contributed by atoms with Gasteiger partial charge in [0.05, 0.1) is 11.0 Å². The molecular formula is C47H52BN5O. The smallest absolute Gasteiger partial charge is 0.417 e. The number of hydrogen-bond donors (Lipinski definition) is 0. The van der Waals surface area contributed by atoms with E-state index in [1.807, 2.05) is 12.4 Å². The maximum Gasteiger partial charge on any atom is 0.417 e. The lowest BCUT2D eigenvalue weighted by Crippen LogP contribution is -2.58. The molecule has 0 saturated carbocycles. The molecule has 7 aromatic rings. The summed E-state index contributed by atoms with van der Waals surface area (Å²) >= 11 is 0. The van der Waals surface area contributed by atoms with Gasteiger partial charge in [-0.3, -0.25) is 4.57 Å². The lowest BCUT2D eigenvalue weighted by Gasteiger charge is -2.41. The Bertz CT molecular complexity index is 2560. The second-order valence-electron chi connectivity index (χ2n) is 18.3. The predicted molar refractivity (Wildman–Crippen MR) is 228 cm³/mol. The van der Waals surface area contributed by atoms with Crippen molar-refractivity contribution in [3.05, 3.63) is 125 Å². The molecule has 1 aliphatic heterocycles. The zero-order valence-electron chi connectivity index (χ0n) is 34.0. The molecule has 8 rings (SSSR count). The number of imidazole rings is 1. The number of pyridine rings is 1. The van der Waals surface area contributed by atoms with Crippen molar-refractivity contribution in [2.24, 2.45) is 0 Å². The molecule has 0 N–H and O–H groups in total. The highest BCUT2D eigenvalue weighted by atomic mass is 16.5. The molecule has 0 bridgehead atoms. The minimum absolute atomic E-state index is 0.0257. The van der Waals surface area contributed by atoms with Gasteiger partial charge in [-0.1, -0.05) is 92.6 Å². The normalized spacial score (nSPS) is 13.5. The summed E-state index contributed by atoms with van der Waals surface area (Å²) in [5.41, 5.74) is 12.1. The van der Waals surface area contributed by atoms with Crippen molar-refractivity contribution in [3.8, 4) is 28.7 Å².